The van der Waals surface area contributed by atoms with E-state index in [-0.39, 0.29) is 18.4 Å². The van der Waals surface area contributed by atoms with Crippen LogP contribution in [0.25, 0.3) is 11.3 Å². The van der Waals surface area contributed by atoms with Crippen molar-refractivity contribution in [3.8, 4) is 11.3 Å². The SMILES string of the molecule is Cc1nc(N)ncc1C(=O)NCc1cc(-c2cccc(Cl)c2)no1. The van der Waals surface area contributed by atoms with Gasteiger partial charge in [0.15, 0.2) is 5.76 Å². The molecule has 0 saturated carbocycles. The number of hydrogen-bond acceptors (Lipinski definition) is 6. The number of nitrogens with one attached hydrogen (secondary N) is 1. The van der Waals surface area contributed by atoms with Gasteiger partial charge in [-0.2, -0.15) is 0 Å². The molecule has 0 radical (unpaired) electrons. The van der Waals surface area contributed by atoms with Gasteiger partial charge in [-0.3, -0.25) is 4.79 Å². The van der Waals surface area contributed by atoms with E-state index >= 15 is 0 Å². The third-order valence-electron chi connectivity index (χ3n) is 3.35. The van der Waals surface area contributed by atoms with Gasteiger partial charge in [-0.1, -0.05) is 28.9 Å². The van der Waals surface area contributed by atoms with Crippen LogP contribution in [0.3, 0.4) is 0 Å². The van der Waals surface area contributed by atoms with E-state index in [0.717, 1.165) is 5.56 Å². The highest BCUT2D eigenvalue weighted by Gasteiger charge is 2.13. The van der Waals surface area contributed by atoms with Crippen molar-refractivity contribution in [1.82, 2.24) is 20.4 Å². The quantitative estimate of drug-likeness (QED) is 0.754. The lowest BCUT2D eigenvalue weighted by atomic mass is 10.1. The Hall–Kier alpha value is -2.93. The van der Waals surface area contributed by atoms with Crippen LogP contribution < -0.4 is 11.1 Å². The number of amides is 1. The fraction of sp³-hybridized carbons (Fsp3) is 0.125. The molecule has 0 aliphatic heterocycles. The Morgan fingerprint density at radius 2 is 2.21 bits per heavy atom. The summed E-state index contributed by atoms with van der Waals surface area (Å²) in [7, 11) is 0. The first-order valence-corrected chi connectivity index (χ1v) is 7.49. The molecule has 3 aromatic rings. The molecule has 0 bridgehead atoms. The first kappa shape index (κ1) is 15.9. The maximum absolute atomic E-state index is 12.2. The number of benzene rings is 1. The van der Waals surface area contributed by atoms with E-state index in [2.05, 4.69) is 20.4 Å². The normalized spacial score (nSPS) is 10.6. The molecule has 3 N–H and O–H groups in total. The van der Waals surface area contributed by atoms with Crippen molar-refractivity contribution in [3.63, 3.8) is 0 Å². The molecule has 8 heteroatoms. The van der Waals surface area contributed by atoms with Crippen LogP contribution in [0.2, 0.25) is 5.02 Å². The maximum Gasteiger partial charge on any atom is 0.255 e. The van der Waals surface area contributed by atoms with Gasteiger partial charge >= 0.3 is 0 Å². The van der Waals surface area contributed by atoms with Crippen LogP contribution >= 0.6 is 11.6 Å². The second-order valence-corrected chi connectivity index (χ2v) is 5.54. The van der Waals surface area contributed by atoms with E-state index in [1.54, 1.807) is 25.1 Å². The standard InChI is InChI=1S/C16H14ClN5O2/c1-9-13(8-20-16(18)21-9)15(23)19-7-12-6-14(22-24-12)10-3-2-4-11(17)5-10/h2-6,8H,7H2,1H3,(H,19,23)(H2,18,20,21). The molecule has 0 aliphatic carbocycles. The van der Waals surface area contributed by atoms with Gasteiger partial charge in [0.25, 0.3) is 5.91 Å². The van der Waals surface area contributed by atoms with Crippen LogP contribution in [0.5, 0.6) is 0 Å². The number of halogens is 1. The van der Waals surface area contributed by atoms with Gasteiger partial charge in [-0.05, 0) is 19.1 Å². The van der Waals surface area contributed by atoms with Gasteiger partial charge in [-0.15, -0.1) is 0 Å². The summed E-state index contributed by atoms with van der Waals surface area (Å²) in [6.45, 7) is 1.88. The van der Waals surface area contributed by atoms with Crippen LogP contribution in [-0.4, -0.2) is 21.0 Å². The Labute approximate surface area is 142 Å². The van der Waals surface area contributed by atoms with Crippen molar-refractivity contribution < 1.29 is 9.32 Å². The number of anilines is 1. The van der Waals surface area contributed by atoms with E-state index in [0.29, 0.717) is 27.7 Å². The largest absolute Gasteiger partial charge is 0.368 e. The molecule has 24 heavy (non-hydrogen) atoms. The molecule has 0 saturated heterocycles. The average molecular weight is 344 g/mol. The second-order valence-electron chi connectivity index (χ2n) is 5.10. The van der Waals surface area contributed by atoms with Gasteiger partial charge < -0.3 is 15.6 Å². The lowest BCUT2D eigenvalue weighted by molar-refractivity contribution is 0.0945. The smallest absolute Gasteiger partial charge is 0.255 e. The third kappa shape index (κ3) is 3.52. The molecule has 0 atom stereocenters. The highest BCUT2D eigenvalue weighted by atomic mass is 35.5. The van der Waals surface area contributed by atoms with Crippen molar-refractivity contribution in [2.24, 2.45) is 0 Å². The van der Waals surface area contributed by atoms with Crippen molar-refractivity contribution >= 4 is 23.5 Å². The van der Waals surface area contributed by atoms with Crippen LogP contribution in [0, 0.1) is 6.92 Å². The number of aryl methyl sites for hydroxylation is 1. The fourth-order valence-electron chi connectivity index (χ4n) is 2.15. The van der Waals surface area contributed by atoms with Crippen LogP contribution in [0.1, 0.15) is 21.8 Å². The summed E-state index contributed by atoms with van der Waals surface area (Å²) in [5.41, 5.74) is 7.83. The molecule has 122 valence electrons. The molecular formula is C16H14ClN5O2. The summed E-state index contributed by atoms with van der Waals surface area (Å²) in [4.78, 5) is 19.9. The Morgan fingerprint density at radius 1 is 1.38 bits per heavy atom. The number of nitrogen functional groups attached to an aromatic ring is 1. The Bertz CT molecular complexity index is 894. The molecule has 2 aromatic heterocycles. The summed E-state index contributed by atoms with van der Waals surface area (Å²) in [5, 5.41) is 7.33. The number of carbonyl (C=O) groups excluding carboxylic acids is 1. The van der Waals surface area contributed by atoms with Crippen molar-refractivity contribution in [1.29, 1.82) is 0 Å². The molecule has 2 heterocycles. The predicted molar refractivity (Wildman–Crippen MR) is 89.3 cm³/mol. The van der Waals surface area contributed by atoms with E-state index in [1.165, 1.54) is 6.20 Å². The Balaban J connectivity index is 1.68. The highest BCUT2D eigenvalue weighted by molar-refractivity contribution is 6.30. The lowest BCUT2D eigenvalue weighted by Crippen LogP contribution is -2.24. The van der Waals surface area contributed by atoms with Gasteiger partial charge in [-0.25, -0.2) is 9.97 Å². The lowest BCUT2D eigenvalue weighted by Gasteiger charge is -2.05. The molecule has 0 aliphatic rings. The van der Waals surface area contributed by atoms with Gasteiger partial charge in [0.2, 0.25) is 5.95 Å². The van der Waals surface area contributed by atoms with Crippen LogP contribution in [0.15, 0.2) is 41.1 Å². The molecule has 3 rings (SSSR count). The zero-order valence-corrected chi connectivity index (χ0v) is 13.5. The highest BCUT2D eigenvalue weighted by Crippen LogP contribution is 2.22. The topological polar surface area (TPSA) is 107 Å². The minimum absolute atomic E-state index is 0.130. The fourth-order valence-corrected chi connectivity index (χ4v) is 2.34. The van der Waals surface area contributed by atoms with Crippen LogP contribution in [-0.2, 0) is 6.54 Å². The zero-order chi connectivity index (χ0) is 17.1. The summed E-state index contributed by atoms with van der Waals surface area (Å²) < 4.78 is 5.24. The minimum Gasteiger partial charge on any atom is -0.368 e. The Kier molecular flexibility index (Phi) is 4.43. The average Bonchev–Trinajstić information content (AvgIpc) is 3.01. The number of hydrogen-bond donors (Lipinski definition) is 2. The monoisotopic (exact) mass is 343 g/mol. The molecule has 0 spiro atoms. The number of nitrogens with two attached hydrogens (primary N) is 1. The number of nitrogens with zero attached hydrogens (tertiary/aromatic N) is 3. The summed E-state index contributed by atoms with van der Waals surface area (Å²) in [5.74, 6) is 0.339. The molecule has 1 amide bonds. The van der Waals surface area contributed by atoms with Crippen molar-refractivity contribution in [2.45, 2.75) is 13.5 Å². The van der Waals surface area contributed by atoms with E-state index in [1.807, 2.05) is 12.1 Å². The first-order chi connectivity index (χ1) is 11.5. The molecule has 0 unspecified atom stereocenters. The molecule has 7 nitrogen and oxygen atoms in total. The molecule has 1 aromatic carbocycles. The van der Waals surface area contributed by atoms with Gasteiger partial charge in [0, 0.05) is 22.8 Å². The Morgan fingerprint density at radius 3 is 2.96 bits per heavy atom. The van der Waals surface area contributed by atoms with Crippen LogP contribution in [0.4, 0.5) is 5.95 Å². The minimum atomic E-state index is -0.312. The predicted octanol–water partition coefficient (Wildman–Crippen LogP) is 2.61. The number of rotatable bonds is 4. The van der Waals surface area contributed by atoms with E-state index < -0.39 is 0 Å². The maximum atomic E-state index is 12.2. The van der Waals surface area contributed by atoms with Gasteiger partial charge in [0.05, 0.1) is 17.8 Å². The summed E-state index contributed by atoms with van der Waals surface area (Å²) >= 11 is 5.96. The first-order valence-electron chi connectivity index (χ1n) is 7.12. The van der Waals surface area contributed by atoms with E-state index in [9.17, 15) is 4.79 Å². The van der Waals surface area contributed by atoms with Gasteiger partial charge in [0.1, 0.15) is 5.69 Å². The summed E-state index contributed by atoms with van der Waals surface area (Å²) in [6.07, 6.45) is 1.39. The number of aromatic nitrogens is 3. The van der Waals surface area contributed by atoms with Crippen molar-refractivity contribution in [3.05, 3.63) is 58.6 Å². The third-order valence-corrected chi connectivity index (χ3v) is 3.58. The zero-order valence-electron chi connectivity index (χ0n) is 12.8. The van der Waals surface area contributed by atoms with E-state index in [4.69, 9.17) is 21.9 Å². The summed E-state index contributed by atoms with van der Waals surface area (Å²) in [6, 6.07) is 9.03. The molecule has 0 fully saturated rings. The van der Waals surface area contributed by atoms with Crippen molar-refractivity contribution in [2.75, 3.05) is 5.73 Å². The number of carbonyl (C=O) groups is 1. The molecular weight excluding hydrogens is 330 g/mol. The second kappa shape index (κ2) is 6.67.